The number of aromatic nitrogens is 2. The van der Waals surface area contributed by atoms with Gasteiger partial charge < -0.3 is 4.90 Å². The second-order valence-electron chi connectivity index (χ2n) is 6.90. The van der Waals surface area contributed by atoms with Crippen LogP contribution >= 0.6 is 23.1 Å². The summed E-state index contributed by atoms with van der Waals surface area (Å²) < 4.78 is 1.49. The number of fused-ring (bicyclic) bond motifs is 2. The third-order valence-electron chi connectivity index (χ3n) is 4.95. The maximum Gasteiger partial charge on any atom is 0.262 e. The minimum Gasteiger partial charge on any atom is -0.309 e. The maximum absolute atomic E-state index is 12.7. The summed E-state index contributed by atoms with van der Waals surface area (Å²) in [5.41, 5.74) is 2.42. The first-order valence-electron chi connectivity index (χ1n) is 8.89. The molecule has 0 spiro atoms. The summed E-state index contributed by atoms with van der Waals surface area (Å²) in [4.78, 5) is 43.9. The molecule has 0 aliphatic carbocycles. The van der Waals surface area contributed by atoms with E-state index in [1.807, 2.05) is 24.4 Å². The molecular formula is C20H19N3O3S2. The van der Waals surface area contributed by atoms with Gasteiger partial charge in [0.2, 0.25) is 5.91 Å². The Morgan fingerprint density at radius 2 is 2.11 bits per heavy atom. The number of anilines is 1. The number of amides is 1. The SMILES string of the molecule is CC(=O)N1c2ccc(C(=O)CSc3nc4sccc4c(=O)n3C)cc2C[C@H]1C. The Bertz CT molecular complexity index is 1170. The van der Waals surface area contributed by atoms with Crippen LogP contribution in [0.1, 0.15) is 29.8 Å². The molecule has 0 saturated heterocycles. The Balaban J connectivity index is 1.54. The molecular weight excluding hydrogens is 394 g/mol. The smallest absolute Gasteiger partial charge is 0.262 e. The summed E-state index contributed by atoms with van der Waals surface area (Å²) in [6, 6.07) is 7.37. The first kappa shape index (κ1) is 18.9. The van der Waals surface area contributed by atoms with E-state index in [9.17, 15) is 14.4 Å². The highest BCUT2D eigenvalue weighted by atomic mass is 32.2. The van der Waals surface area contributed by atoms with E-state index in [4.69, 9.17) is 0 Å². The minimum absolute atomic E-state index is 0.0110. The summed E-state index contributed by atoms with van der Waals surface area (Å²) >= 11 is 2.68. The Kier molecular flexibility index (Phi) is 4.84. The van der Waals surface area contributed by atoms with Crippen molar-refractivity contribution in [3.8, 4) is 0 Å². The quantitative estimate of drug-likeness (QED) is 0.373. The largest absolute Gasteiger partial charge is 0.309 e. The van der Waals surface area contributed by atoms with Crippen molar-refractivity contribution in [1.82, 2.24) is 9.55 Å². The zero-order chi connectivity index (χ0) is 20.0. The standard InChI is InChI=1S/C20H19N3O3S2/c1-11-8-14-9-13(4-5-16(14)23(11)12(2)24)17(25)10-28-20-21-18-15(6-7-27-18)19(26)22(20)3/h4-7,9,11H,8,10H2,1-3H3/t11-/m1/s1. The fourth-order valence-corrected chi connectivity index (χ4v) is 5.28. The van der Waals surface area contributed by atoms with Crippen molar-refractivity contribution in [3.63, 3.8) is 0 Å². The van der Waals surface area contributed by atoms with Gasteiger partial charge in [-0.25, -0.2) is 4.98 Å². The van der Waals surface area contributed by atoms with Crippen LogP contribution in [0.4, 0.5) is 5.69 Å². The molecule has 1 atom stereocenters. The van der Waals surface area contributed by atoms with Gasteiger partial charge in [0.25, 0.3) is 5.56 Å². The number of hydrogen-bond acceptors (Lipinski definition) is 6. The highest BCUT2D eigenvalue weighted by molar-refractivity contribution is 7.99. The molecule has 4 rings (SSSR count). The van der Waals surface area contributed by atoms with Crippen molar-refractivity contribution in [1.29, 1.82) is 0 Å². The molecule has 144 valence electrons. The van der Waals surface area contributed by atoms with Crippen LogP contribution in [0, 0.1) is 0 Å². The van der Waals surface area contributed by atoms with E-state index in [-0.39, 0.29) is 29.0 Å². The monoisotopic (exact) mass is 413 g/mol. The van der Waals surface area contributed by atoms with E-state index >= 15 is 0 Å². The lowest BCUT2D eigenvalue weighted by Crippen LogP contribution is -2.33. The van der Waals surface area contributed by atoms with Gasteiger partial charge in [-0.3, -0.25) is 19.0 Å². The summed E-state index contributed by atoms with van der Waals surface area (Å²) in [5, 5.41) is 2.98. The van der Waals surface area contributed by atoms with E-state index in [2.05, 4.69) is 4.98 Å². The molecule has 28 heavy (non-hydrogen) atoms. The number of nitrogens with zero attached hydrogens (tertiary/aromatic N) is 3. The Hall–Kier alpha value is -2.45. The normalized spacial score (nSPS) is 15.8. The molecule has 0 bridgehead atoms. The first-order valence-corrected chi connectivity index (χ1v) is 10.8. The fraction of sp³-hybridized carbons (Fsp3) is 0.300. The Morgan fingerprint density at radius 1 is 1.32 bits per heavy atom. The molecule has 0 unspecified atom stereocenters. The van der Waals surface area contributed by atoms with Crippen molar-refractivity contribution in [3.05, 3.63) is 51.1 Å². The third kappa shape index (κ3) is 3.16. The van der Waals surface area contributed by atoms with Crippen LogP contribution < -0.4 is 10.5 Å². The molecule has 1 aromatic carbocycles. The number of rotatable bonds is 4. The Labute approximate surface area is 170 Å². The van der Waals surface area contributed by atoms with Gasteiger partial charge in [-0.15, -0.1) is 11.3 Å². The number of thiophene rings is 1. The number of benzene rings is 1. The van der Waals surface area contributed by atoms with Gasteiger partial charge in [-0.2, -0.15) is 0 Å². The van der Waals surface area contributed by atoms with Crippen LogP contribution in [0.3, 0.4) is 0 Å². The number of carbonyl (C=O) groups excluding carboxylic acids is 2. The maximum atomic E-state index is 12.7. The highest BCUT2D eigenvalue weighted by Crippen LogP contribution is 2.33. The second-order valence-corrected chi connectivity index (χ2v) is 8.73. The minimum atomic E-state index is -0.1000. The van der Waals surface area contributed by atoms with Crippen LogP contribution in [0.5, 0.6) is 0 Å². The van der Waals surface area contributed by atoms with Gasteiger partial charge in [-0.1, -0.05) is 11.8 Å². The molecule has 0 saturated carbocycles. The van der Waals surface area contributed by atoms with Gasteiger partial charge in [0, 0.05) is 31.3 Å². The lowest BCUT2D eigenvalue weighted by Gasteiger charge is -2.20. The molecule has 0 N–H and O–H groups in total. The third-order valence-corrected chi connectivity index (χ3v) is 6.79. The van der Waals surface area contributed by atoms with Crippen LogP contribution in [-0.2, 0) is 18.3 Å². The summed E-state index contributed by atoms with van der Waals surface area (Å²) in [7, 11) is 1.67. The average molecular weight is 414 g/mol. The van der Waals surface area contributed by atoms with E-state index in [1.165, 1.54) is 27.7 Å². The molecule has 1 aliphatic rings. The van der Waals surface area contributed by atoms with Gasteiger partial charge in [0.15, 0.2) is 10.9 Å². The first-order chi connectivity index (χ1) is 13.4. The molecule has 2 aromatic heterocycles. The molecule has 3 aromatic rings. The van der Waals surface area contributed by atoms with Crippen LogP contribution in [0.25, 0.3) is 10.2 Å². The van der Waals surface area contributed by atoms with Gasteiger partial charge in [0.05, 0.1) is 11.1 Å². The summed E-state index contributed by atoms with van der Waals surface area (Å²) in [6.07, 6.45) is 0.744. The predicted molar refractivity (Wildman–Crippen MR) is 113 cm³/mol. The van der Waals surface area contributed by atoms with Gasteiger partial charge in [-0.05, 0) is 48.6 Å². The van der Waals surface area contributed by atoms with Crippen molar-refractivity contribution in [2.24, 2.45) is 7.05 Å². The summed E-state index contributed by atoms with van der Waals surface area (Å²) in [5.74, 6) is 0.182. The van der Waals surface area contributed by atoms with Crippen molar-refractivity contribution in [2.75, 3.05) is 10.7 Å². The summed E-state index contributed by atoms with van der Waals surface area (Å²) in [6.45, 7) is 3.56. The molecule has 0 radical (unpaired) electrons. The molecule has 3 heterocycles. The number of thioether (sulfide) groups is 1. The van der Waals surface area contributed by atoms with Crippen molar-refractivity contribution >= 4 is 50.7 Å². The van der Waals surface area contributed by atoms with Crippen LogP contribution in [-0.4, -0.2) is 33.0 Å². The predicted octanol–water partition coefficient (Wildman–Crippen LogP) is 3.27. The lowest BCUT2D eigenvalue weighted by atomic mass is 10.0. The molecule has 8 heteroatoms. The zero-order valence-corrected chi connectivity index (χ0v) is 17.4. The Morgan fingerprint density at radius 3 is 2.86 bits per heavy atom. The van der Waals surface area contributed by atoms with Crippen molar-refractivity contribution in [2.45, 2.75) is 31.5 Å². The second kappa shape index (κ2) is 7.18. The number of Topliss-reactive ketones (excluding diaryl/α,β-unsaturated/α-hetero) is 1. The number of hydrogen-bond donors (Lipinski definition) is 0. The lowest BCUT2D eigenvalue weighted by molar-refractivity contribution is -0.116. The van der Waals surface area contributed by atoms with Crippen LogP contribution in [0.2, 0.25) is 0 Å². The molecule has 1 aliphatic heterocycles. The number of ketones is 1. The molecule has 0 fully saturated rings. The van der Waals surface area contributed by atoms with E-state index in [0.717, 1.165) is 17.7 Å². The topological polar surface area (TPSA) is 72.3 Å². The molecule has 1 amide bonds. The zero-order valence-electron chi connectivity index (χ0n) is 15.8. The van der Waals surface area contributed by atoms with Gasteiger partial charge >= 0.3 is 0 Å². The van der Waals surface area contributed by atoms with Crippen LogP contribution in [0.15, 0.2) is 39.6 Å². The van der Waals surface area contributed by atoms with Crippen molar-refractivity contribution < 1.29 is 9.59 Å². The highest BCUT2D eigenvalue weighted by Gasteiger charge is 2.29. The van der Waals surface area contributed by atoms with E-state index in [1.54, 1.807) is 31.0 Å². The van der Waals surface area contributed by atoms with E-state index < -0.39 is 0 Å². The molecule has 6 nitrogen and oxygen atoms in total. The average Bonchev–Trinajstić information content (AvgIpc) is 3.25. The van der Waals surface area contributed by atoms with Gasteiger partial charge in [0.1, 0.15) is 4.83 Å². The number of carbonyl (C=O) groups is 2. The fourth-order valence-electron chi connectivity index (χ4n) is 3.61. The van der Waals surface area contributed by atoms with E-state index in [0.29, 0.717) is 20.9 Å².